The zero-order valence-corrected chi connectivity index (χ0v) is 14.8. The molecule has 0 radical (unpaired) electrons. The maximum atomic E-state index is 4.01. The average Bonchev–Trinajstić information content (AvgIpc) is 2.79. The minimum absolute atomic E-state index is 0.136. The summed E-state index contributed by atoms with van der Waals surface area (Å²) in [4.78, 5) is 1.41. The number of thioether (sulfide) groups is 1. The largest absolute Gasteiger partial charge is 0.299 e. The van der Waals surface area contributed by atoms with Crippen LogP contribution in [0.15, 0.2) is 71.6 Å². The molecule has 3 rings (SSSR count). The van der Waals surface area contributed by atoms with Gasteiger partial charge in [0.15, 0.2) is 0 Å². The molecule has 0 saturated heterocycles. The summed E-state index contributed by atoms with van der Waals surface area (Å²) in [5, 5.41) is 4.01. The fourth-order valence-electron chi connectivity index (χ4n) is 3.21. The van der Waals surface area contributed by atoms with Gasteiger partial charge in [0.05, 0.1) is 6.04 Å². The van der Waals surface area contributed by atoms with Crippen LogP contribution in [0.3, 0.4) is 0 Å². The van der Waals surface area contributed by atoms with Gasteiger partial charge in [0.25, 0.3) is 0 Å². The molecule has 2 aromatic rings. The molecular weight excluding hydrogens is 298 g/mol. The Morgan fingerprint density at radius 2 is 1.87 bits per heavy atom. The molecule has 2 atom stereocenters. The molecule has 1 nitrogen and oxygen atoms in total. The first-order valence-corrected chi connectivity index (χ1v) is 9.42. The smallest absolute Gasteiger partial charge is 0.0592 e. The molecule has 1 aliphatic heterocycles. The lowest BCUT2D eigenvalue weighted by molar-refractivity contribution is 0.329. The molecule has 2 aromatic carbocycles. The molecular formula is C21H25NS. The van der Waals surface area contributed by atoms with E-state index in [4.69, 9.17) is 0 Å². The van der Waals surface area contributed by atoms with E-state index in [1.54, 1.807) is 0 Å². The molecule has 1 N–H and O–H groups in total. The van der Waals surface area contributed by atoms with Crippen molar-refractivity contribution in [1.29, 1.82) is 0 Å². The Balaban J connectivity index is 2.04. The predicted octanol–water partition coefficient (Wildman–Crippen LogP) is 5.59. The average molecular weight is 324 g/mol. The fourth-order valence-corrected chi connectivity index (χ4v) is 4.57. The van der Waals surface area contributed by atoms with Crippen LogP contribution in [0.25, 0.3) is 0 Å². The molecule has 0 aliphatic carbocycles. The van der Waals surface area contributed by atoms with Gasteiger partial charge in [-0.15, -0.1) is 11.8 Å². The Morgan fingerprint density at radius 1 is 1.13 bits per heavy atom. The van der Waals surface area contributed by atoms with Gasteiger partial charge in [-0.25, -0.2) is 0 Å². The highest BCUT2D eigenvalue weighted by molar-refractivity contribution is 7.99. The second kappa shape index (κ2) is 7.37. The van der Waals surface area contributed by atoms with Crippen molar-refractivity contribution in [3.05, 3.63) is 77.9 Å². The molecule has 120 valence electrons. The molecule has 0 aromatic heterocycles. The van der Waals surface area contributed by atoms with E-state index >= 15 is 0 Å². The van der Waals surface area contributed by atoms with Crippen LogP contribution < -0.4 is 5.32 Å². The van der Waals surface area contributed by atoms with Gasteiger partial charge in [-0.3, -0.25) is 5.32 Å². The van der Waals surface area contributed by atoms with Crippen LogP contribution in [0.5, 0.6) is 0 Å². The highest BCUT2D eigenvalue weighted by atomic mass is 32.2. The van der Waals surface area contributed by atoms with Crippen molar-refractivity contribution in [1.82, 2.24) is 5.32 Å². The highest BCUT2D eigenvalue weighted by Crippen LogP contribution is 2.40. The van der Waals surface area contributed by atoms with E-state index in [9.17, 15) is 0 Å². The predicted molar refractivity (Wildman–Crippen MR) is 101 cm³/mol. The van der Waals surface area contributed by atoms with E-state index in [0.717, 1.165) is 18.6 Å². The Bertz CT molecular complexity index is 665. The number of rotatable bonds is 4. The zero-order chi connectivity index (χ0) is 16.1. The lowest BCUT2D eigenvalue weighted by Gasteiger charge is -2.35. The van der Waals surface area contributed by atoms with Crippen LogP contribution in [-0.2, 0) is 0 Å². The number of hydrogen-bond donors (Lipinski definition) is 1. The summed E-state index contributed by atoms with van der Waals surface area (Å²) < 4.78 is 0. The van der Waals surface area contributed by atoms with Gasteiger partial charge in [0, 0.05) is 16.2 Å². The molecule has 1 heterocycles. The number of hydrogen-bond acceptors (Lipinski definition) is 2. The molecule has 1 aliphatic rings. The maximum Gasteiger partial charge on any atom is 0.0592 e. The van der Waals surface area contributed by atoms with Crippen molar-refractivity contribution < 1.29 is 0 Å². The summed E-state index contributed by atoms with van der Waals surface area (Å²) in [7, 11) is 0. The van der Waals surface area contributed by atoms with E-state index in [2.05, 4.69) is 85.9 Å². The Kier molecular flexibility index (Phi) is 5.24. The van der Waals surface area contributed by atoms with Crippen molar-refractivity contribution in [3.8, 4) is 0 Å². The standard InChI is InChI=1S/C21H25NS/c1-3-5-15-21(4-2)16-23-19-14-10-9-13-18(19)20(22-21)17-11-7-6-8-12-17/h3,5-14,20,22H,4,15-16H2,1-2H3/b5-3+. The molecule has 0 spiro atoms. The van der Waals surface area contributed by atoms with Crippen LogP contribution in [-0.4, -0.2) is 11.3 Å². The molecule has 2 heteroatoms. The van der Waals surface area contributed by atoms with E-state index < -0.39 is 0 Å². The van der Waals surface area contributed by atoms with Gasteiger partial charge in [-0.2, -0.15) is 0 Å². The van der Waals surface area contributed by atoms with Crippen molar-refractivity contribution >= 4 is 11.8 Å². The number of nitrogens with one attached hydrogen (secondary N) is 1. The second-order valence-electron chi connectivity index (χ2n) is 6.22. The molecule has 0 saturated carbocycles. The Labute approximate surface area is 144 Å². The summed E-state index contributed by atoms with van der Waals surface area (Å²) in [6.45, 7) is 4.41. The van der Waals surface area contributed by atoms with E-state index in [1.165, 1.54) is 16.0 Å². The first-order chi connectivity index (χ1) is 11.3. The summed E-state index contributed by atoms with van der Waals surface area (Å²) >= 11 is 1.99. The Morgan fingerprint density at radius 3 is 2.61 bits per heavy atom. The minimum atomic E-state index is 0.136. The first-order valence-electron chi connectivity index (χ1n) is 8.43. The zero-order valence-electron chi connectivity index (χ0n) is 14.0. The van der Waals surface area contributed by atoms with Crippen LogP contribution in [0.2, 0.25) is 0 Å². The lowest BCUT2D eigenvalue weighted by Crippen LogP contribution is -2.47. The molecule has 0 amide bonds. The SMILES string of the molecule is C/C=C/CC1(CC)CSc2ccccc2C(c2ccccc2)N1. The van der Waals surface area contributed by atoms with Gasteiger partial charge in [-0.05, 0) is 37.0 Å². The van der Waals surface area contributed by atoms with E-state index in [0.29, 0.717) is 0 Å². The van der Waals surface area contributed by atoms with Gasteiger partial charge in [-0.1, -0.05) is 67.6 Å². The molecule has 0 bridgehead atoms. The van der Waals surface area contributed by atoms with Gasteiger partial charge >= 0.3 is 0 Å². The van der Waals surface area contributed by atoms with Gasteiger partial charge in [0.2, 0.25) is 0 Å². The number of fused-ring (bicyclic) bond motifs is 1. The molecule has 2 unspecified atom stereocenters. The summed E-state index contributed by atoms with van der Waals surface area (Å²) in [5.41, 5.74) is 2.89. The second-order valence-corrected chi connectivity index (χ2v) is 7.24. The lowest BCUT2D eigenvalue weighted by atomic mass is 9.89. The van der Waals surface area contributed by atoms with E-state index in [-0.39, 0.29) is 11.6 Å². The Hall–Kier alpha value is -1.51. The third-order valence-corrected chi connectivity index (χ3v) is 6.12. The van der Waals surface area contributed by atoms with Gasteiger partial charge < -0.3 is 0 Å². The van der Waals surface area contributed by atoms with Crippen LogP contribution in [0, 0.1) is 0 Å². The van der Waals surface area contributed by atoms with Crippen LogP contribution in [0.4, 0.5) is 0 Å². The summed E-state index contributed by atoms with van der Waals surface area (Å²) in [5.74, 6) is 1.11. The van der Waals surface area contributed by atoms with Crippen LogP contribution in [0.1, 0.15) is 43.9 Å². The topological polar surface area (TPSA) is 12.0 Å². The van der Waals surface area contributed by atoms with Crippen molar-refractivity contribution in [2.45, 2.75) is 43.2 Å². The highest BCUT2D eigenvalue weighted by Gasteiger charge is 2.34. The fraction of sp³-hybridized carbons (Fsp3) is 0.333. The summed E-state index contributed by atoms with van der Waals surface area (Å²) in [6.07, 6.45) is 6.67. The normalized spacial score (nSPS) is 24.3. The van der Waals surface area contributed by atoms with E-state index in [1.807, 2.05) is 11.8 Å². The van der Waals surface area contributed by atoms with Crippen LogP contribution >= 0.6 is 11.8 Å². The third kappa shape index (κ3) is 3.54. The quantitative estimate of drug-likeness (QED) is 0.736. The van der Waals surface area contributed by atoms with Crippen molar-refractivity contribution in [2.24, 2.45) is 0 Å². The van der Waals surface area contributed by atoms with Crippen molar-refractivity contribution in [2.75, 3.05) is 5.75 Å². The number of benzene rings is 2. The van der Waals surface area contributed by atoms with Crippen molar-refractivity contribution in [3.63, 3.8) is 0 Å². The minimum Gasteiger partial charge on any atom is -0.299 e. The third-order valence-electron chi connectivity index (χ3n) is 4.74. The summed E-state index contributed by atoms with van der Waals surface area (Å²) in [6, 6.07) is 19.9. The number of allylic oxidation sites excluding steroid dienone is 1. The molecule has 23 heavy (non-hydrogen) atoms. The van der Waals surface area contributed by atoms with Gasteiger partial charge in [0.1, 0.15) is 0 Å². The molecule has 0 fully saturated rings. The first kappa shape index (κ1) is 16.4. The maximum absolute atomic E-state index is 4.01. The monoisotopic (exact) mass is 323 g/mol.